The zero-order chi connectivity index (χ0) is 14.5. The van der Waals surface area contributed by atoms with Gasteiger partial charge in [0.15, 0.2) is 0 Å². The number of rotatable bonds is 7. The molecule has 2 rings (SSSR count). The van der Waals surface area contributed by atoms with E-state index in [4.69, 9.17) is 5.84 Å². The highest BCUT2D eigenvalue weighted by molar-refractivity contribution is 7.16. The molecule has 7 heteroatoms. The van der Waals surface area contributed by atoms with Gasteiger partial charge in [-0.15, -0.1) is 11.3 Å². The van der Waals surface area contributed by atoms with Crippen molar-refractivity contribution in [3.8, 4) is 0 Å². The minimum Gasteiger partial charge on any atom is -0.369 e. The van der Waals surface area contributed by atoms with Crippen LogP contribution in [0.2, 0.25) is 0 Å². The van der Waals surface area contributed by atoms with Gasteiger partial charge in [-0.2, -0.15) is 4.98 Å². The number of thiophene rings is 1. The largest absolute Gasteiger partial charge is 0.369 e. The number of hydrazine groups is 1. The maximum Gasteiger partial charge on any atom is 0.240 e. The van der Waals surface area contributed by atoms with E-state index in [2.05, 4.69) is 46.5 Å². The number of nitrogens with zero attached hydrogens (tertiary/aromatic N) is 3. The molecule has 0 spiro atoms. The van der Waals surface area contributed by atoms with E-state index in [1.54, 1.807) is 11.3 Å². The molecule has 0 aliphatic rings. The van der Waals surface area contributed by atoms with E-state index < -0.39 is 0 Å². The van der Waals surface area contributed by atoms with Gasteiger partial charge < -0.3 is 10.2 Å². The second kappa shape index (κ2) is 6.83. The molecule has 0 aliphatic heterocycles. The molecular weight excluding hydrogens is 272 g/mol. The van der Waals surface area contributed by atoms with Gasteiger partial charge in [-0.3, -0.25) is 5.43 Å². The van der Waals surface area contributed by atoms with Crippen LogP contribution in [0.25, 0.3) is 10.2 Å². The summed E-state index contributed by atoms with van der Waals surface area (Å²) in [7, 11) is 2.14. The Hall–Kier alpha value is -1.44. The molecule has 0 radical (unpaired) electrons. The van der Waals surface area contributed by atoms with Crippen molar-refractivity contribution in [2.24, 2.45) is 5.84 Å². The molecule has 4 N–H and O–H groups in total. The first-order valence-corrected chi connectivity index (χ1v) is 7.65. The van der Waals surface area contributed by atoms with Crippen LogP contribution < -0.4 is 16.6 Å². The van der Waals surface area contributed by atoms with E-state index in [0.717, 1.165) is 35.5 Å². The molecule has 0 amide bonds. The minimum absolute atomic E-state index is 0.446. The number of hydrogen-bond donors (Lipinski definition) is 3. The predicted octanol–water partition coefficient (Wildman–Crippen LogP) is 2.12. The van der Waals surface area contributed by atoms with Crippen molar-refractivity contribution >= 4 is 33.3 Å². The molecule has 0 fully saturated rings. The molecule has 20 heavy (non-hydrogen) atoms. The molecular formula is C13H22N6S. The summed E-state index contributed by atoms with van der Waals surface area (Å²) in [4.78, 5) is 12.0. The number of aromatic nitrogens is 2. The lowest BCUT2D eigenvalue weighted by Crippen LogP contribution is -2.28. The number of nitrogens with two attached hydrogens (primary N) is 1. The Balaban J connectivity index is 1.97. The van der Waals surface area contributed by atoms with Gasteiger partial charge in [-0.05, 0) is 45.3 Å². The summed E-state index contributed by atoms with van der Waals surface area (Å²) < 4.78 is 0. The van der Waals surface area contributed by atoms with Gasteiger partial charge in [-0.25, -0.2) is 10.8 Å². The third-order valence-electron chi connectivity index (χ3n) is 3.32. The fraction of sp³-hybridized carbons (Fsp3) is 0.538. The average molecular weight is 294 g/mol. The number of hydrogen-bond acceptors (Lipinski definition) is 7. The molecule has 2 aromatic heterocycles. The first-order chi connectivity index (χ1) is 9.61. The van der Waals surface area contributed by atoms with Crippen molar-refractivity contribution in [3.05, 3.63) is 11.4 Å². The van der Waals surface area contributed by atoms with Crippen LogP contribution in [0.1, 0.15) is 20.3 Å². The fourth-order valence-corrected chi connectivity index (χ4v) is 2.61. The van der Waals surface area contributed by atoms with Crippen molar-refractivity contribution in [2.75, 3.05) is 30.9 Å². The average Bonchev–Trinajstić information content (AvgIpc) is 2.91. The van der Waals surface area contributed by atoms with E-state index in [0.29, 0.717) is 12.0 Å². The molecule has 2 heterocycles. The van der Waals surface area contributed by atoms with Gasteiger partial charge in [0.1, 0.15) is 10.6 Å². The molecule has 6 nitrogen and oxygen atoms in total. The summed E-state index contributed by atoms with van der Waals surface area (Å²) in [5, 5.41) is 6.43. The summed E-state index contributed by atoms with van der Waals surface area (Å²) in [6, 6.07) is 2.61. The normalized spacial score (nSPS) is 11.5. The molecule has 0 atom stereocenters. The van der Waals surface area contributed by atoms with E-state index in [1.807, 2.05) is 11.4 Å². The minimum atomic E-state index is 0.446. The van der Waals surface area contributed by atoms with Crippen molar-refractivity contribution in [3.63, 3.8) is 0 Å². The number of anilines is 2. The topological polar surface area (TPSA) is 79.1 Å². The Labute approximate surface area is 123 Å². The summed E-state index contributed by atoms with van der Waals surface area (Å²) in [5.41, 5.74) is 2.51. The van der Waals surface area contributed by atoms with Crippen LogP contribution in [0.3, 0.4) is 0 Å². The number of nitrogen functional groups attached to an aromatic ring is 1. The number of fused-ring (bicyclic) bond motifs is 1. The highest BCUT2D eigenvalue weighted by atomic mass is 32.1. The second-order valence-electron chi connectivity index (χ2n) is 5.03. The predicted molar refractivity (Wildman–Crippen MR) is 86.1 cm³/mol. The standard InChI is InChI=1S/C13H22N6S/c1-9(2)19(3)7-4-6-15-11-10-5-8-20-12(10)17-13(16-11)18-14/h5,8-9H,4,6-7,14H2,1-3H3,(H2,15,16,17,18). The molecule has 0 aromatic carbocycles. The first kappa shape index (κ1) is 15.0. The Morgan fingerprint density at radius 3 is 2.90 bits per heavy atom. The Morgan fingerprint density at radius 1 is 1.40 bits per heavy atom. The number of nitrogens with one attached hydrogen (secondary N) is 2. The van der Waals surface area contributed by atoms with E-state index in [-0.39, 0.29) is 0 Å². The lowest BCUT2D eigenvalue weighted by Gasteiger charge is -2.20. The fourth-order valence-electron chi connectivity index (χ4n) is 1.85. The van der Waals surface area contributed by atoms with Gasteiger partial charge in [0.2, 0.25) is 5.95 Å². The molecule has 110 valence electrons. The summed E-state index contributed by atoms with van der Waals surface area (Å²) >= 11 is 1.58. The Morgan fingerprint density at radius 2 is 2.20 bits per heavy atom. The Bertz CT molecular complexity index is 553. The highest BCUT2D eigenvalue weighted by Crippen LogP contribution is 2.26. The zero-order valence-corrected chi connectivity index (χ0v) is 13.0. The van der Waals surface area contributed by atoms with Crippen molar-refractivity contribution < 1.29 is 0 Å². The van der Waals surface area contributed by atoms with Crippen LogP contribution in [0.4, 0.5) is 11.8 Å². The first-order valence-electron chi connectivity index (χ1n) is 6.77. The summed E-state index contributed by atoms with van der Waals surface area (Å²) in [6.07, 6.45) is 1.07. The monoisotopic (exact) mass is 294 g/mol. The van der Waals surface area contributed by atoms with Crippen LogP contribution in [-0.2, 0) is 0 Å². The van der Waals surface area contributed by atoms with Gasteiger partial charge >= 0.3 is 0 Å². The van der Waals surface area contributed by atoms with Gasteiger partial charge in [0, 0.05) is 12.6 Å². The quantitative estimate of drug-likeness (QED) is 0.412. The molecule has 0 saturated carbocycles. The van der Waals surface area contributed by atoms with Crippen molar-refractivity contribution in [2.45, 2.75) is 26.3 Å². The van der Waals surface area contributed by atoms with Gasteiger partial charge in [-0.1, -0.05) is 0 Å². The third kappa shape index (κ3) is 3.56. The maximum absolute atomic E-state index is 5.40. The zero-order valence-electron chi connectivity index (χ0n) is 12.2. The lowest BCUT2D eigenvalue weighted by atomic mass is 10.3. The summed E-state index contributed by atoms with van der Waals surface area (Å²) in [5.74, 6) is 6.69. The SMILES string of the molecule is CC(C)N(C)CCCNc1nc(NN)nc2sccc12. The van der Waals surface area contributed by atoms with Crippen molar-refractivity contribution in [1.29, 1.82) is 0 Å². The molecule has 0 bridgehead atoms. The van der Waals surface area contributed by atoms with E-state index >= 15 is 0 Å². The summed E-state index contributed by atoms with van der Waals surface area (Å²) in [6.45, 7) is 6.34. The smallest absolute Gasteiger partial charge is 0.240 e. The van der Waals surface area contributed by atoms with E-state index in [9.17, 15) is 0 Å². The van der Waals surface area contributed by atoms with Crippen LogP contribution in [0, 0.1) is 0 Å². The maximum atomic E-state index is 5.40. The third-order valence-corrected chi connectivity index (χ3v) is 4.12. The molecule has 0 aliphatic carbocycles. The van der Waals surface area contributed by atoms with Crippen LogP contribution >= 0.6 is 11.3 Å². The molecule has 0 saturated heterocycles. The Kier molecular flexibility index (Phi) is 5.11. The van der Waals surface area contributed by atoms with Crippen LogP contribution in [0.15, 0.2) is 11.4 Å². The lowest BCUT2D eigenvalue weighted by molar-refractivity contribution is 0.273. The van der Waals surface area contributed by atoms with Crippen molar-refractivity contribution in [1.82, 2.24) is 14.9 Å². The highest BCUT2D eigenvalue weighted by Gasteiger charge is 2.08. The van der Waals surface area contributed by atoms with Crippen LogP contribution in [-0.4, -0.2) is 41.0 Å². The molecule has 2 aromatic rings. The molecule has 0 unspecified atom stereocenters. The second-order valence-corrected chi connectivity index (χ2v) is 5.93. The van der Waals surface area contributed by atoms with E-state index in [1.165, 1.54) is 0 Å². The van der Waals surface area contributed by atoms with Crippen LogP contribution in [0.5, 0.6) is 0 Å². The van der Waals surface area contributed by atoms with Gasteiger partial charge in [0.05, 0.1) is 5.39 Å². The van der Waals surface area contributed by atoms with Gasteiger partial charge in [0.25, 0.3) is 0 Å².